The SMILES string of the molecule is CC(CCN=C=O)OC1COC[C@@H](OC(C)CCN=S=O)CO1. The van der Waals surface area contributed by atoms with E-state index >= 15 is 0 Å². The van der Waals surface area contributed by atoms with Crippen molar-refractivity contribution in [1.82, 2.24) is 0 Å². The predicted octanol–water partition coefficient (Wildman–Crippen LogP) is 1.05. The molecule has 1 aliphatic heterocycles. The predicted molar refractivity (Wildman–Crippen MR) is 83.1 cm³/mol. The van der Waals surface area contributed by atoms with Crippen molar-refractivity contribution in [1.29, 1.82) is 0 Å². The molecule has 0 N–H and O–H groups in total. The number of carbonyl (C=O) groups excluding carboxylic acids is 1. The summed E-state index contributed by atoms with van der Waals surface area (Å²) in [6, 6.07) is 0. The number of ether oxygens (including phenoxy) is 4. The first-order valence-corrected chi connectivity index (χ1v) is 8.35. The maximum absolute atomic E-state index is 10.2. The summed E-state index contributed by atoms with van der Waals surface area (Å²) in [6.07, 6.45) is 2.05. The number of rotatable bonds is 10. The average molecular weight is 348 g/mol. The van der Waals surface area contributed by atoms with Crippen LogP contribution in [0.15, 0.2) is 9.36 Å². The molecule has 9 heteroatoms. The Kier molecular flexibility index (Phi) is 10.9. The monoisotopic (exact) mass is 348 g/mol. The van der Waals surface area contributed by atoms with Crippen molar-refractivity contribution in [3.63, 3.8) is 0 Å². The fourth-order valence-electron chi connectivity index (χ4n) is 2.05. The number of hydrogen-bond acceptors (Lipinski definition) is 8. The molecule has 1 saturated heterocycles. The second-order valence-electron chi connectivity index (χ2n) is 5.29. The molecule has 1 fully saturated rings. The molecule has 0 radical (unpaired) electrons. The largest absolute Gasteiger partial charge is 0.373 e. The highest BCUT2D eigenvalue weighted by molar-refractivity contribution is 7.54. The van der Waals surface area contributed by atoms with E-state index in [1.54, 1.807) is 0 Å². The van der Waals surface area contributed by atoms with Gasteiger partial charge in [0.15, 0.2) is 17.8 Å². The summed E-state index contributed by atoms with van der Waals surface area (Å²) < 4.78 is 36.6. The zero-order valence-electron chi connectivity index (χ0n) is 13.5. The molecule has 1 heterocycles. The summed E-state index contributed by atoms with van der Waals surface area (Å²) in [5, 5.41) is 0. The Morgan fingerprint density at radius 2 is 1.91 bits per heavy atom. The van der Waals surface area contributed by atoms with Crippen LogP contribution in [0.4, 0.5) is 0 Å². The molecular weight excluding hydrogens is 324 g/mol. The highest BCUT2D eigenvalue weighted by Gasteiger charge is 2.23. The second kappa shape index (κ2) is 12.5. The van der Waals surface area contributed by atoms with Gasteiger partial charge in [-0.15, -0.1) is 0 Å². The van der Waals surface area contributed by atoms with Crippen molar-refractivity contribution in [2.24, 2.45) is 9.36 Å². The van der Waals surface area contributed by atoms with Crippen LogP contribution >= 0.6 is 0 Å². The summed E-state index contributed by atoms with van der Waals surface area (Å²) in [4.78, 5) is 13.5. The van der Waals surface area contributed by atoms with E-state index in [0.29, 0.717) is 45.8 Å². The van der Waals surface area contributed by atoms with E-state index < -0.39 is 6.29 Å². The summed E-state index contributed by atoms with van der Waals surface area (Å²) in [7, 11) is 0. The number of aliphatic imine (C=N–C) groups is 1. The van der Waals surface area contributed by atoms with Gasteiger partial charge in [0.1, 0.15) is 6.10 Å². The maximum atomic E-state index is 10.2. The molecule has 0 aromatic heterocycles. The molecule has 8 nitrogen and oxygen atoms in total. The van der Waals surface area contributed by atoms with Gasteiger partial charge >= 0.3 is 0 Å². The Morgan fingerprint density at radius 3 is 2.65 bits per heavy atom. The van der Waals surface area contributed by atoms with E-state index in [2.05, 4.69) is 9.36 Å². The lowest BCUT2D eigenvalue weighted by atomic mass is 10.3. The van der Waals surface area contributed by atoms with Crippen LogP contribution in [-0.4, -0.2) is 67.8 Å². The topological polar surface area (TPSA) is 95.8 Å². The Hall–Kier alpha value is -0.960. The van der Waals surface area contributed by atoms with Gasteiger partial charge in [0, 0.05) is 0 Å². The van der Waals surface area contributed by atoms with Gasteiger partial charge in [-0.25, -0.2) is 9.79 Å². The molecule has 1 rings (SSSR count). The third-order valence-electron chi connectivity index (χ3n) is 3.23. The number of nitrogens with zero attached hydrogens (tertiary/aromatic N) is 2. The lowest BCUT2D eigenvalue weighted by Gasteiger charge is -2.21. The van der Waals surface area contributed by atoms with E-state index in [-0.39, 0.29) is 29.8 Å². The van der Waals surface area contributed by atoms with E-state index in [1.165, 1.54) is 6.08 Å². The van der Waals surface area contributed by atoms with Gasteiger partial charge in [-0.1, -0.05) is 0 Å². The first-order valence-electron chi connectivity index (χ1n) is 7.65. The second-order valence-corrected chi connectivity index (χ2v) is 5.70. The summed E-state index contributed by atoms with van der Waals surface area (Å²) in [6.45, 7) is 5.81. The minimum absolute atomic E-state index is 0.0271. The van der Waals surface area contributed by atoms with Crippen molar-refractivity contribution < 1.29 is 28.0 Å². The summed E-state index contributed by atoms with van der Waals surface area (Å²) >= 11 is 0.231. The highest BCUT2D eigenvalue weighted by Crippen LogP contribution is 2.12. The van der Waals surface area contributed by atoms with Crippen LogP contribution in [0.1, 0.15) is 26.7 Å². The average Bonchev–Trinajstić information content (AvgIpc) is 2.73. The van der Waals surface area contributed by atoms with Crippen LogP contribution in [0.25, 0.3) is 0 Å². The molecule has 0 saturated carbocycles. The quantitative estimate of drug-likeness (QED) is 0.432. The maximum Gasteiger partial charge on any atom is 0.234 e. The molecule has 0 amide bonds. The van der Waals surface area contributed by atoms with Crippen molar-refractivity contribution in [2.75, 3.05) is 32.9 Å². The summed E-state index contributed by atoms with van der Waals surface area (Å²) in [5.41, 5.74) is 0. The first kappa shape index (κ1) is 20.1. The third kappa shape index (κ3) is 9.70. The lowest BCUT2D eigenvalue weighted by Crippen LogP contribution is -2.29. The van der Waals surface area contributed by atoms with Crippen LogP contribution in [0.2, 0.25) is 0 Å². The number of isocyanates is 1. The first-order chi connectivity index (χ1) is 11.2. The Bertz CT molecular complexity index is 387. The van der Waals surface area contributed by atoms with Crippen molar-refractivity contribution >= 4 is 17.5 Å². The molecule has 0 aliphatic carbocycles. The van der Waals surface area contributed by atoms with E-state index in [0.717, 1.165) is 0 Å². The smallest absolute Gasteiger partial charge is 0.234 e. The zero-order chi connectivity index (χ0) is 16.9. The molecule has 3 unspecified atom stereocenters. The Labute approximate surface area is 139 Å². The van der Waals surface area contributed by atoms with E-state index in [4.69, 9.17) is 18.9 Å². The van der Waals surface area contributed by atoms with Crippen LogP contribution in [-0.2, 0) is 35.2 Å². The molecule has 4 atom stereocenters. The van der Waals surface area contributed by atoms with Gasteiger partial charge in [0.2, 0.25) is 6.08 Å². The van der Waals surface area contributed by atoms with Crippen LogP contribution in [0.5, 0.6) is 0 Å². The summed E-state index contributed by atoms with van der Waals surface area (Å²) in [5.74, 6) is 0. The van der Waals surface area contributed by atoms with Gasteiger partial charge in [-0.05, 0) is 26.7 Å². The third-order valence-corrected chi connectivity index (χ3v) is 3.51. The van der Waals surface area contributed by atoms with Gasteiger partial charge < -0.3 is 18.9 Å². The molecule has 0 bridgehead atoms. The normalized spacial score (nSPS) is 24.1. The fourth-order valence-corrected chi connectivity index (χ4v) is 2.23. The minimum Gasteiger partial charge on any atom is -0.373 e. The van der Waals surface area contributed by atoms with Gasteiger partial charge in [-0.2, -0.15) is 8.57 Å². The van der Waals surface area contributed by atoms with Crippen molar-refractivity contribution in [3.8, 4) is 0 Å². The van der Waals surface area contributed by atoms with Crippen LogP contribution < -0.4 is 0 Å². The van der Waals surface area contributed by atoms with E-state index in [9.17, 15) is 9.00 Å². The van der Waals surface area contributed by atoms with E-state index in [1.807, 2.05) is 13.8 Å². The Balaban J connectivity index is 2.26. The van der Waals surface area contributed by atoms with Crippen molar-refractivity contribution in [2.45, 2.75) is 51.3 Å². The highest BCUT2D eigenvalue weighted by atomic mass is 32.1. The standard InChI is InChI=1S/C14H24N2O6S/c1-11(4-6-16-23-18)21-13-7-19-9-14(20-8-13)22-12(2)3-5-15-10-17/h11-14H,3-9H2,1-2H3/t11?,12?,13-,14?/m1/s1. The fraction of sp³-hybridized carbons (Fsp3) is 0.929. The zero-order valence-corrected chi connectivity index (χ0v) is 14.3. The molecule has 132 valence electrons. The van der Waals surface area contributed by atoms with Gasteiger partial charge in [0.05, 0.1) is 45.1 Å². The van der Waals surface area contributed by atoms with Gasteiger partial charge in [0.25, 0.3) is 0 Å². The molecule has 0 aromatic rings. The molecule has 23 heavy (non-hydrogen) atoms. The molecule has 0 spiro atoms. The van der Waals surface area contributed by atoms with Crippen LogP contribution in [0, 0.1) is 0 Å². The lowest BCUT2D eigenvalue weighted by molar-refractivity contribution is -0.183. The molecule has 0 aromatic carbocycles. The van der Waals surface area contributed by atoms with Crippen LogP contribution in [0.3, 0.4) is 0 Å². The molecular formula is C14H24N2O6S. The van der Waals surface area contributed by atoms with Crippen molar-refractivity contribution in [3.05, 3.63) is 0 Å². The Morgan fingerprint density at radius 1 is 1.17 bits per heavy atom. The van der Waals surface area contributed by atoms with Gasteiger partial charge in [-0.3, -0.25) is 0 Å². The number of hydrogen-bond donors (Lipinski definition) is 0. The minimum atomic E-state index is -0.457. The molecule has 1 aliphatic rings.